The number of hydrogen-bond donors (Lipinski definition) is 5. The van der Waals surface area contributed by atoms with E-state index in [0.29, 0.717) is 5.39 Å². The van der Waals surface area contributed by atoms with Gasteiger partial charge in [0.2, 0.25) is 5.43 Å². The summed E-state index contributed by atoms with van der Waals surface area (Å²) in [5.41, 5.74) is -2.89. The van der Waals surface area contributed by atoms with Crippen LogP contribution in [0.15, 0.2) is 44.5 Å². The first-order valence-electron chi connectivity index (χ1n) is 8.41. The van der Waals surface area contributed by atoms with E-state index >= 15 is 0 Å². The van der Waals surface area contributed by atoms with Gasteiger partial charge in [-0.1, -0.05) is 0 Å². The number of benzene rings is 2. The van der Waals surface area contributed by atoms with E-state index in [2.05, 4.69) is 0 Å². The molecule has 5 N–H and O–H groups in total. The number of aromatic carboxylic acids is 1. The van der Waals surface area contributed by atoms with Crippen molar-refractivity contribution in [2.75, 3.05) is 0 Å². The van der Waals surface area contributed by atoms with E-state index in [4.69, 9.17) is 4.42 Å². The SMILES string of the molecule is Cn1c(=O)c(-c2coc3cc(O)c(O)c(C(=O)O)c3c2=O)cc2cc(O)c(O)cc21. The third kappa shape index (κ3) is 2.54. The standard InChI is InChI=1S/C20H13NO9/c1-21-10-4-12(23)11(22)3-7(10)2-8(19(21)27)9-6-30-14-5-13(24)18(26)16(20(28)29)15(14)17(9)25/h2-6,22-24,26H,1H3,(H,28,29). The minimum atomic E-state index is -1.68. The molecule has 0 fully saturated rings. The average Bonchev–Trinajstić information content (AvgIpc) is 2.68. The van der Waals surface area contributed by atoms with E-state index in [9.17, 15) is 39.9 Å². The number of aromatic hydroxyl groups is 4. The molecule has 0 unspecified atom stereocenters. The van der Waals surface area contributed by atoms with Gasteiger partial charge < -0.3 is 34.5 Å². The molecule has 0 aliphatic rings. The van der Waals surface area contributed by atoms with Gasteiger partial charge in [0.1, 0.15) is 17.4 Å². The lowest BCUT2D eigenvalue weighted by atomic mass is 10.0. The van der Waals surface area contributed by atoms with Gasteiger partial charge in [-0.05, 0) is 12.1 Å². The molecule has 4 rings (SSSR count). The fraction of sp³-hybridized carbons (Fsp3) is 0.0500. The molecule has 10 nitrogen and oxygen atoms in total. The molecule has 2 aromatic heterocycles. The van der Waals surface area contributed by atoms with Crippen molar-refractivity contribution in [3.8, 4) is 34.1 Å². The van der Waals surface area contributed by atoms with Gasteiger partial charge in [-0.15, -0.1) is 0 Å². The van der Waals surface area contributed by atoms with Crippen molar-refractivity contribution >= 4 is 27.8 Å². The summed E-state index contributed by atoms with van der Waals surface area (Å²) >= 11 is 0. The monoisotopic (exact) mass is 411 g/mol. The van der Waals surface area contributed by atoms with Crippen molar-refractivity contribution in [1.82, 2.24) is 4.57 Å². The number of carboxylic acid groups (broad SMARTS) is 1. The lowest BCUT2D eigenvalue weighted by molar-refractivity contribution is 0.0695. The van der Waals surface area contributed by atoms with Crippen LogP contribution in [0.1, 0.15) is 10.4 Å². The van der Waals surface area contributed by atoms with E-state index in [1.54, 1.807) is 0 Å². The molecule has 0 radical (unpaired) electrons. The average molecular weight is 411 g/mol. The van der Waals surface area contributed by atoms with Crippen LogP contribution in [0.25, 0.3) is 33.0 Å². The van der Waals surface area contributed by atoms with Gasteiger partial charge in [0, 0.05) is 24.6 Å². The second kappa shape index (κ2) is 6.27. The van der Waals surface area contributed by atoms with Crippen LogP contribution in [0.4, 0.5) is 0 Å². The van der Waals surface area contributed by atoms with Gasteiger partial charge in [-0.3, -0.25) is 9.59 Å². The summed E-state index contributed by atoms with van der Waals surface area (Å²) in [4.78, 5) is 37.5. The second-order valence-electron chi connectivity index (χ2n) is 6.60. The summed E-state index contributed by atoms with van der Waals surface area (Å²) in [6, 6.07) is 4.56. The first kappa shape index (κ1) is 18.9. The predicted molar refractivity (Wildman–Crippen MR) is 104 cm³/mol. The zero-order valence-corrected chi connectivity index (χ0v) is 15.2. The molecule has 30 heavy (non-hydrogen) atoms. The maximum atomic E-state index is 13.1. The van der Waals surface area contributed by atoms with Crippen LogP contribution in [0, 0.1) is 0 Å². The molecule has 10 heteroatoms. The Bertz CT molecular complexity index is 1510. The summed E-state index contributed by atoms with van der Waals surface area (Å²) in [7, 11) is 1.39. The number of fused-ring (bicyclic) bond motifs is 2. The van der Waals surface area contributed by atoms with Crippen molar-refractivity contribution in [2.45, 2.75) is 0 Å². The number of phenolic OH excluding ortho intramolecular Hbond substituents is 3. The van der Waals surface area contributed by atoms with E-state index in [-0.39, 0.29) is 22.2 Å². The summed E-state index contributed by atoms with van der Waals surface area (Å²) in [5.74, 6) is -4.34. The highest BCUT2D eigenvalue weighted by Crippen LogP contribution is 2.36. The van der Waals surface area contributed by atoms with Gasteiger partial charge >= 0.3 is 5.97 Å². The summed E-state index contributed by atoms with van der Waals surface area (Å²) in [6.45, 7) is 0. The Balaban J connectivity index is 2.14. The Morgan fingerprint density at radius 3 is 2.27 bits per heavy atom. The number of hydrogen-bond acceptors (Lipinski definition) is 8. The lowest BCUT2D eigenvalue weighted by Gasteiger charge is -2.11. The Kier molecular flexibility index (Phi) is 3.95. The third-order valence-electron chi connectivity index (χ3n) is 4.84. The molecule has 0 amide bonds. The van der Waals surface area contributed by atoms with Gasteiger partial charge in [-0.25, -0.2) is 4.79 Å². The van der Waals surface area contributed by atoms with Crippen molar-refractivity contribution < 1.29 is 34.7 Å². The number of nitrogens with zero attached hydrogens (tertiary/aromatic N) is 1. The number of aryl methyl sites for hydroxylation is 1. The maximum absolute atomic E-state index is 13.1. The Morgan fingerprint density at radius 2 is 1.60 bits per heavy atom. The molecule has 2 aromatic carbocycles. The molecule has 0 atom stereocenters. The molecule has 0 aliphatic heterocycles. The van der Waals surface area contributed by atoms with E-state index in [0.717, 1.165) is 16.9 Å². The third-order valence-corrected chi connectivity index (χ3v) is 4.84. The molecule has 0 bridgehead atoms. The molecule has 0 saturated carbocycles. The Labute approximate surface area is 165 Å². The van der Waals surface area contributed by atoms with Crippen LogP contribution in [0.3, 0.4) is 0 Å². The molecular formula is C20H13NO9. The van der Waals surface area contributed by atoms with Crippen LogP contribution < -0.4 is 11.0 Å². The number of phenols is 4. The van der Waals surface area contributed by atoms with Gasteiger partial charge in [0.25, 0.3) is 5.56 Å². The summed E-state index contributed by atoms with van der Waals surface area (Å²) in [6.07, 6.45) is 0.940. The Hall–Kier alpha value is -4.47. The van der Waals surface area contributed by atoms with Crippen molar-refractivity contribution in [1.29, 1.82) is 0 Å². The molecule has 0 aliphatic carbocycles. The number of aromatic nitrogens is 1. The van der Waals surface area contributed by atoms with Crippen molar-refractivity contribution in [3.63, 3.8) is 0 Å². The molecule has 152 valence electrons. The minimum Gasteiger partial charge on any atom is -0.504 e. The van der Waals surface area contributed by atoms with E-state index < -0.39 is 50.9 Å². The van der Waals surface area contributed by atoms with Crippen LogP contribution in [-0.4, -0.2) is 36.1 Å². The lowest BCUT2D eigenvalue weighted by Crippen LogP contribution is -2.22. The summed E-state index contributed by atoms with van der Waals surface area (Å²) in [5, 5.41) is 48.2. The molecular weight excluding hydrogens is 398 g/mol. The number of pyridine rings is 1. The zero-order valence-electron chi connectivity index (χ0n) is 15.2. The van der Waals surface area contributed by atoms with Crippen molar-refractivity contribution in [3.05, 3.63) is 56.7 Å². The Morgan fingerprint density at radius 1 is 0.933 bits per heavy atom. The highest BCUT2D eigenvalue weighted by atomic mass is 16.4. The van der Waals surface area contributed by atoms with Crippen LogP contribution in [-0.2, 0) is 7.05 Å². The zero-order chi connectivity index (χ0) is 21.9. The molecule has 0 spiro atoms. The topological polar surface area (TPSA) is 170 Å². The summed E-state index contributed by atoms with van der Waals surface area (Å²) < 4.78 is 6.42. The minimum absolute atomic E-state index is 0.158. The fourth-order valence-corrected chi connectivity index (χ4v) is 3.35. The largest absolute Gasteiger partial charge is 0.504 e. The second-order valence-corrected chi connectivity index (χ2v) is 6.60. The van der Waals surface area contributed by atoms with E-state index in [1.807, 2.05) is 0 Å². The molecule has 2 heterocycles. The maximum Gasteiger partial charge on any atom is 0.340 e. The van der Waals surface area contributed by atoms with Crippen molar-refractivity contribution in [2.24, 2.45) is 7.05 Å². The van der Waals surface area contributed by atoms with E-state index in [1.165, 1.54) is 25.2 Å². The van der Waals surface area contributed by atoms with Crippen LogP contribution in [0.2, 0.25) is 0 Å². The molecule has 4 aromatic rings. The number of carbonyl (C=O) groups is 1. The highest BCUT2D eigenvalue weighted by molar-refractivity contribution is 6.06. The number of carboxylic acids is 1. The quantitative estimate of drug-likeness (QED) is 0.309. The van der Waals surface area contributed by atoms with Crippen LogP contribution in [0.5, 0.6) is 23.0 Å². The first-order chi connectivity index (χ1) is 14.1. The smallest absolute Gasteiger partial charge is 0.340 e. The normalized spacial score (nSPS) is 11.2. The first-order valence-corrected chi connectivity index (χ1v) is 8.41. The molecule has 0 saturated heterocycles. The van der Waals surface area contributed by atoms with Gasteiger partial charge in [0.05, 0.1) is 22.0 Å². The fourth-order valence-electron chi connectivity index (χ4n) is 3.35. The predicted octanol–water partition coefficient (Wildman–Crippen LogP) is 1.83. The van der Waals surface area contributed by atoms with Gasteiger partial charge in [-0.2, -0.15) is 0 Å². The highest BCUT2D eigenvalue weighted by Gasteiger charge is 2.24. The van der Waals surface area contributed by atoms with Gasteiger partial charge in [0.15, 0.2) is 23.0 Å². The van der Waals surface area contributed by atoms with Crippen LogP contribution >= 0.6 is 0 Å². The number of rotatable bonds is 2.